The van der Waals surface area contributed by atoms with Gasteiger partial charge in [-0.25, -0.2) is 9.67 Å². The Morgan fingerprint density at radius 1 is 1.39 bits per heavy atom. The summed E-state index contributed by atoms with van der Waals surface area (Å²) in [6.07, 6.45) is 1.50. The first kappa shape index (κ1) is 12.2. The number of hydrogen-bond acceptors (Lipinski definition) is 5. The number of benzene rings is 1. The van der Waals surface area contributed by atoms with Crippen molar-refractivity contribution in [1.29, 1.82) is 0 Å². The fourth-order valence-electron chi connectivity index (χ4n) is 1.61. The molecule has 94 valence electrons. The second-order valence-electron chi connectivity index (χ2n) is 3.79. The summed E-state index contributed by atoms with van der Waals surface area (Å²) in [7, 11) is 1.84. The monoisotopic (exact) mass is 247 g/mol. The van der Waals surface area contributed by atoms with Crippen LogP contribution in [0.15, 0.2) is 30.6 Å². The number of aromatic nitrogens is 3. The lowest BCUT2D eigenvalue weighted by Gasteiger charge is -2.05. The Morgan fingerprint density at radius 3 is 2.72 bits per heavy atom. The zero-order chi connectivity index (χ0) is 13.0. The Labute approximate surface area is 104 Å². The van der Waals surface area contributed by atoms with Crippen molar-refractivity contribution in [1.82, 2.24) is 20.1 Å². The van der Waals surface area contributed by atoms with E-state index >= 15 is 0 Å². The molecule has 0 fully saturated rings. The summed E-state index contributed by atoms with van der Waals surface area (Å²) in [4.78, 5) is 14.3. The number of rotatable bonds is 5. The number of nitro groups is 1. The van der Waals surface area contributed by atoms with Gasteiger partial charge in [0.25, 0.3) is 5.69 Å². The highest BCUT2D eigenvalue weighted by atomic mass is 16.6. The molecule has 0 atom stereocenters. The van der Waals surface area contributed by atoms with Crippen LogP contribution in [0.1, 0.15) is 11.4 Å². The summed E-state index contributed by atoms with van der Waals surface area (Å²) in [6.45, 7) is 1.18. The number of nitrogens with one attached hydrogen (secondary N) is 1. The van der Waals surface area contributed by atoms with Gasteiger partial charge in [0.1, 0.15) is 12.2 Å². The lowest BCUT2D eigenvalue weighted by molar-refractivity contribution is -0.384. The van der Waals surface area contributed by atoms with Crippen molar-refractivity contribution in [2.24, 2.45) is 0 Å². The van der Waals surface area contributed by atoms with Gasteiger partial charge in [-0.1, -0.05) is 12.1 Å². The molecule has 0 aliphatic rings. The second kappa shape index (κ2) is 5.37. The molecular weight excluding hydrogens is 234 g/mol. The highest BCUT2D eigenvalue weighted by Gasteiger charge is 2.07. The highest BCUT2D eigenvalue weighted by Crippen LogP contribution is 2.12. The first-order chi connectivity index (χ1) is 8.70. The fraction of sp³-hybridized carbons (Fsp3) is 0.273. The van der Waals surface area contributed by atoms with E-state index in [1.165, 1.54) is 18.5 Å². The first-order valence-corrected chi connectivity index (χ1v) is 5.45. The maximum Gasteiger partial charge on any atom is 0.269 e. The van der Waals surface area contributed by atoms with Gasteiger partial charge in [0, 0.05) is 12.1 Å². The molecule has 0 saturated heterocycles. The van der Waals surface area contributed by atoms with E-state index in [9.17, 15) is 10.1 Å². The van der Waals surface area contributed by atoms with Crippen LogP contribution in [0.3, 0.4) is 0 Å². The predicted octanol–water partition coefficient (Wildman–Crippen LogP) is 0.954. The van der Waals surface area contributed by atoms with Crippen LogP contribution >= 0.6 is 0 Å². The number of nitro benzene ring substituents is 1. The van der Waals surface area contributed by atoms with Gasteiger partial charge in [0.2, 0.25) is 0 Å². The maximum absolute atomic E-state index is 10.5. The Bertz CT molecular complexity index is 535. The SMILES string of the molecule is CNCc1ncnn1Cc1ccc([N+](=O)[O-])cc1. The van der Waals surface area contributed by atoms with Gasteiger partial charge in [-0.2, -0.15) is 5.10 Å². The third-order valence-electron chi connectivity index (χ3n) is 2.51. The minimum absolute atomic E-state index is 0.0905. The summed E-state index contributed by atoms with van der Waals surface area (Å²) in [6, 6.07) is 6.43. The second-order valence-corrected chi connectivity index (χ2v) is 3.79. The molecule has 18 heavy (non-hydrogen) atoms. The molecule has 0 spiro atoms. The van der Waals surface area contributed by atoms with Crippen LogP contribution in [0.25, 0.3) is 0 Å². The zero-order valence-electron chi connectivity index (χ0n) is 9.91. The van der Waals surface area contributed by atoms with Gasteiger partial charge in [-0.3, -0.25) is 10.1 Å². The Kier molecular flexibility index (Phi) is 3.63. The largest absolute Gasteiger partial charge is 0.313 e. The quantitative estimate of drug-likeness (QED) is 0.628. The molecule has 0 amide bonds. The average Bonchev–Trinajstić information content (AvgIpc) is 2.78. The van der Waals surface area contributed by atoms with E-state index in [1.54, 1.807) is 16.8 Å². The van der Waals surface area contributed by atoms with Crippen LogP contribution in [0.5, 0.6) is 0 Å². The van der Waals surface area contributed by atoms with Crippen molar-refractivity contribution < 1.29 is 4.92 Å². The molecule has 0 bridgehead atoms. The van der Waals surface area contributed by atoms with Crippen LogP contribution in [-0.2, 0) is 13.1 Å². The van der Waals surface area contributed by atoms with Crippen molar-refractivity contribution in [2.75, 3.05) is 7.05 Å². The molecule has 0 unspecified atom stereocenters. The molecule has 7 heteroatoms. The first-order valence-electron chi connectivity index (χ1n) is 5.45. The molecule has 0 aliphatic heterocycles. The van der Waals surface area contributed by atoms with Crippen LogP contribution in [0.4, 0.5) is 5.69 Å². The van der Waals surface area contributed by atoms with Crippen molar-refractivity contribution >= 4 is 5.69 Å². The van der Waals surface area contributed by atoms with Gasteiger partial charge in [0.05, 0.1) is 18.0 Å². The summed E-state index contributed by atoms with van der Waals surface area (Å²) in [5.41, 5.74) is 1.04. The molecule has 1 heterocycles. The third-order valence-corrected chi connectivity index (χ3v) is 2.51. The zero-order valence-corrected chi connectivity index (χ0v) is 9.91. The molecule has 7 nitrogen and oxygen atoms in total. The number of hydrogen-bond donors (Lipinski definition) is 1. The van der Waals surface area contributed by atoms with Crippen molar-refractivity contribution in [2.45, 2.75) is 13.1 Å². The van der Waals surface area contributed by atoms with E-state index in [0.717, 1.165) is 11.4 Å². The van der Waals surface area contributed by atoms with Gasteiger partial charge in [-0.05, 0) is 12.6 Å². The molecule has 0 radical (unpaired) electrons. The minimum Gasteiger partial charge on any atom is -0.313 e. The van der Waals surface area contributed by atoms with E-state index < -0.39 is 4.92 Å². The van der Waals surface area contributed by atoms with E-state index in [1.807, 2.05) is 7.05 Å². The molecular formula is C11H13N5O2. The molecule has 0 saturated carbocycles. The summed E-state index contributed by atoms with van der Waals surface area (Å²) >= 11 is 0. The van der Waals surface area contributed by atoms with E-state index in [-0.39, 0.29) is 5.69 Å². The van der Waals surface area contributed by atoms with Gasteiger partial charge in [-0.15, -0.1) is 0 Å². The molecule has 1 aromatic heterocycles. The van der Waals surface area contributed by atoms with Gasteiger partial charge >= 0.3 is 0 Å². The topological polar surface area (TPSA) is 85.9 Å². The molecule has 1 N–H and O–H groups in total. The molecule has 2 rings (SSSR count). The predicted molar refractivity (Wildman–Crippen MR) is 65.0 cm³/mol. The standard InChI is InChI=1S/C11H13N5O2/c1-12-6-11-13-8-14-15(11)7-9-2-4-10(5-3-9)16(17)18/h2-5,8,12H,6-7H2,1H3. The van der Waals surface area contributed by atoms with Gasteiger partial charge in [0.15, 0.2) is 0 Å². The lowest BCUT2D eigenvalue weighted by Crippen LogP contribution is -2.14. The van der Waals surface area contributed by atoms with Crippen molar-refractivity contribution in [3.63, 3.8) is 0 Å². The number of non-ortho nitro benzene ring substituents is 1. The Balaban J connectivity index is 2.13. The normalized spacial score (nSPS) is 10.5. The Morgan fingerprint density at radius 2 is 2.11 bits per heavy atom. The molecule has 2 aromatic rings. The smallest absolute Gasteiger partial charge is 0.269 e. The summed E-state index contributed by atoms with van der Waals surface area (Å²) in [5.74, 6) is 0.829. The molecule has 1 aromatic carbocycles. The minimum atomic E-state index is -0.411. The third kappa shape index (κ3) is 2.69. The molecule has 0 aliphatic carbocycles. The van der Waals surface area contributed by atoms with E-state index in [0.29, 0.717) is 13.1 Å². The van der Waals surface area contributed by atoms with Gasteiger partial charge < -0.3 is 5.32 Å². The Hall–Kier alpha value is -2.28. The fourth-order valence-corrected chi connectivity index (χ4v) is 1.61. The maximum atomic E-state index is 10.5. The number of nitrogens with zero attached hydrogens (tertiary/aromatic N) is 4. The van der Waals surface area contributed by atoms with Crippen molar-refractivity contribution in [3.05, 3.63) is 52.1 Å². The van der Waals surface area contributed by atoms with Crippen LogP contribution < -0.4 is 5.32 Å². The van der Waals surface area contributed by atoms with E-state index in [4.69, 9.17) is 0 Å². The van der Waals surface area contributed by atoms with Crippen LogP contribution in [0, 0.1) is 10.1 Å². The van der Waals surface area contributed by atoms with Crippen LogP contribution in [-0.4, -0.2) is 26.7 Å². The van der Waals surface area contributed by atoms with E-state index in [2.05, 4.69) is 15.4 Å². The summed E-state index contributed by atoms with van der Waals surface area (Å²) < 4.78 is 1.76. The van der Waals surface area contributed by atoms with Crippen LogP contribution in [0.2, 0.25) is 0 Å². The highest BCUT2D eigenvalue weighted by molar-refractivity contribution is 5.32. The average molecular weight is 247 g/mol. The van der Waals surface area contributed by atoms with Crippen molar-refractivity contribution in [3.8, 4) is 0 Å². The summed E-state index contributed by atoms with van der Waals surface area (Å²) in [5, 5.41) is 17.7. The lowest BCUT2D eigenvalue weighted by atomic mass is 10.2.